The minimum absolute atomic E-state index is 0.173. The molecule has 0 spiro atoms. The lowest BCUT2D eigenvalue weighted by Crippen LogP contribution is -2.16. The van der Waals surface area contributed by atoms with Gasteiger partial charge in [-0.15, -0.1) is 0 Å². The van der Waals surface area contributed by atoms with Crippen LogP contribution in [0.3, 0.4) is 0 Å². The van der Waals surface area contributed by atoms with Crippen molar-refractivity contribution in [2.75, 3.05) is 16.0 Å². The monoisotopic (exact) mass is 393 g/mol. The predicted octanol–water partition coefficient (Wildman–Crippen LogP) is 3.75. The summed E-state index contributed by atoms with van der Waals surface area (Å²) in [7, 11) is 0. The third kappa shape index (κ3) is 5.58. The summed E-state index contributed by atoms with van der Waals surface area (Å²) in [6, 6.07) is 14.7. The van der Waals surface area contributed by atoms with Crippen molar-refractivity contribution in [3.05, 3.63) is 77.4 Å². The second kappa shape index (κ2) is 8.92. The van der Waals surface area contributed by atoms with E-state index >= 15 is 0 Å². The van der Waals surface area contributed by atoms with Crippen LogP contribution in [-0.2, 0) is 11.3 Å². The van der Waals surface area contributed by atoms with Crippen LogP contribution in [0.1, 0.15) is 28.7 Å². The molecule has 1 aromatic heterocycles. The van der Waals surface area contributed by atoms with Crippen molar-refractivity contribution < 1.29 is 14.0 Å². The molecular formula is C21H20FN5O2. The number of rotatable bonds is 6. The van der Waals surface area contributed by atoms with Crippen LogP contribution < -0.4 is 16.0 Å². The fourth-order valence-corrected chi connectivity index (χ4v) is 2.62. The van der Waals surface area contributed by atoms with Gasteiger partial charge in [-0.2, -0.15) is 0 Å². The van der Waals surface area contributed by atoms with E-state index in [1.54, 1.807) is 55.5 Å². The molecule has 0 saturated carbocycles. The Morgan fingerprint density at radius 3 is 2.28 bits per heavy atom. The molecule has 29 heavy (non-hydrogen) atoms. The van der Waals surface area contributed by atoms with Crippen LogP contribution in [0.5, 0.6) is 0 Å². The van der Waals surface area contributed by atoms with Gasteiger partial charge in [-0.3, -0.25) is 9.59 Å². The van der Waals surface area contributed by atoms with E-state index in [0.29, 0.717) is 22.6 Å². The van der Waals surface area contributed by atoms with Crippen LogP contribution in [0.4, 0.5) is 21.7 Å². The lowest BCUT2D eigenvalue weighted by Gasteiger charge is -2.10. The quantitative estimate of drug-likeness (QED) is 0.593. The van der Waals surface area contributed by atoms with Gasteiger partial charge in [0.2, 0.25) is 11.9 Å². The molecule has 0 bridgehead atoms. The first kappa shape index (κ1) is 19.9. The van der Waals surface area contributed by atoms with Crippen LogP contribution >= 0.6 is 0 Å². The zero-order valence-corrected chi connectivity index (χ0v) is 16.0. The highest BCUT2D eigenvalue weighted by Gasteiger charge is 2.12. The summed E-state index contributed by atoms with van der Waals surface area (Å²) in [5.41, 5.74) is 2.44. The number of nitrogens with zero attached hydrogens (tertiary/aromatic N) is 2. The van der Waals surface area contributed by atoms with Crippen molar-refractivity contribution >= 4 is 29.1 Å². The normalized spacial score (nSPS) is 10.3. The SMILES string of the molecule is CC(=O)Nc1ccc(NC(=O)c2cc(C)nc(NCc3ccccc3F)n2)cc1. The van der Waals surface area contributed by atoms with Gasteiger partial charge in [0, 0.05) is 36.1 Å². The second-order valence-electron chi connectivity index (χ2n) is 6.38. The summed E-state index contributed by atoms with van der Waals surface area (Å²) in [5, 5.41) is 8.35. The Bertz CT molecular complexity index is 1040. The van der Waals surface area contributed by atoms with Crippen molar-refractivity contribution in [1.82, 2.24) is 9.97 Å². The molecule has 0 aliphatic heterocycles. The Morgan fingerprint density at radius 2 is 1.62 bits per heavy atom. The van der Waals surface area contributed by atoms with E-state index in [2.05, 4.69) is 25.9 Å². The molecule has 0 radical (unpaired) electrons. The minimum Gasteiger partial charge on any atom is -0.350 e. The van der Waals surface area contributed by atoms with Gasteiger partial charge in [0.1, 0.15) is 11.5 Å². The summed E-state index contributed by atoms with van der Waals surface area (Å²) in [4.78, 5) is 32.1. The second-order valence-corrected chi connectivity index (χ2v) is 6.38. The van der Waals surface area contributed by atoms with E-state index in [1.807, 2.05) is 0 Å². The maximum Gasteiger partial charge on any atom is 0.274 e. The third-order valence-electron chi connectivity index (χ3n) is 3.94. The van der Waals surface area contributed by atoms with Crippen LogP contribution in [0.2, 0.25) is 0 Å². The number of nitrogens with one attached hydrogen (secondary N) is 3. The molecule has 8 heteroatoms. The maximum atomic E-state index is 13.8. The zero-order chi connectivity index (χ0) is 20.8. The fraction of sp³-hybridized carbons (Fsp3) is 0.143. The largest absolute Gasteiger partial charge is 0.350 e. The van der Waals surface area contributed by atoms with Gasteiger partial charge < -0.3 is 16.0 Å². The highest BCUT2D eigenvalue weighted by Crippen LogP contribution is 2.15. The highest BCUT2D eigenvalue weighted by molar-refractivity contribution is 6.03. The summed E-state index contributed by atoms with van der Waals surface area (Å²) < 4.78 is 13.8. The molecule has 3 N–H and O–H groups in total. The van der Waals surface area contributed by atoms with E-state index in [1.165, 1.54) is 13.0 Å². The number of halogens is 1. The Labute approximate surface area is 167 Å². The van der Waals surface area contributed by atoms with Gasteiger partial charge in [-0.25, -0.2) is 14.4 Å². The van der Waals surface area contributed by atoms with Crippen LogP contribution in [-0.4, -0.2) is 21.8 Å². The van der Waals surface area contributed by atoms with Crippen molar-refractivity contribution in [1.29, 1.82) is 0 Å². The molecule has 0 aliphatic rings. The van der Waals surface area contributed by atoms with Crippen molar-refractivity contribution in [2.24, 2.45) is 0 Å². The minimum atomic E-state index is -0.406. The number of carbonyl (C=O) groups is 2. The van der Waals surface area contributed by atoms with E-state index in [-0.39, 0.29) is 29.9 Å². The van der Waals surface area contributed by atoms with Crippen LogP contribution in [0, 0.1) is 12.7 Å². The molecule has 2 aromatic carbocycles. The highest BCUT2D eigenvalue weighted by atomic mass is 19.1. The lowest BCUT2D eigenvalue weighted by molar-refractivity contribution is -0.114. The molecule has 0 unspecified atom stereocenters. The number of aromatic nitrogens is 2. The van der Waals surface area contributed by atoms with E-state index < -0.39 is 5.91 Å². The Balaban J connectivity index is 1.69. The smallest absolute Gasteiger partial charge is 0.274 e. The van der Waals surface area contributed by atoms with Crippen LogP contribution in [0.15, 0.2) is 54.6 Å². The van der Waals surface area contributed by atoms with Gasteiger partial charge in [-0.1, -0.05) is 18.2 Å². The average Bonchev–Trinajstić information content (AvgIpc) is 2.68. The van der Waals surface area contributed by atoms with Crippen molar-refractivity contribution in [2.45, 2.75) is 20.4 Å². The first-order valence-electron chi connectivity index (χ1n) is 8.92. The number of aryl methyl sites for hydroxylation is 1. The summed E-state index contributed by atoms with van der Waals surface area (Å²) in [6.45, 7) is 3.36. The third-order valence-corrected chi connectivity index (χ3v) is 3.94. The van der Waals surface area contributed by atoms with Gasteiger partial charge in [0.25, 0.3) is 5.91 Å². The first-order valence-corrected chi connectivity index (χ1v) is 8.92. The molecule has 3 rings (SSSR count). The number of amides is 2. The molecule has 2 amide bonds. The molecule has 148 valence electrons. The number of carbonyl (C=O) groups excluding carboxylic acids is 2. The Morgan fingerprint density at radius 1 is 0.966 bits per heavy atom. The number of hydrogen-bond donors (Lipinski definition) is 3. The topological polar surface area (TPSA) is 96.0 Å². The number of benzene rings is 2. The zero-order valence-electron chi connectivity index (χ0n) is 16.0. The average molecular weight is 393 g/mol. The van der Waals surface area contributed by atoms with Gasteiger partial charge >= 0.3 is 0 Å². The number of hydrogen-bond acceptors (Lipinski definition) is 5. The molecule has 3 aromatic rings. The van der Waals surface area contributed by atoms with Crippen molar-refractivity contribution in [3.8, 4) is 0 Å². The fourth-order valence-electron chi connectivity index (χ4n) is 2.62. The van der Waals surface area contributed by atoms with Gasteiger partial charge in [0.15, 0.2) is 0 Å². The molecule has 7 nitrogen and oxygen atoms in total. The Kier molecular flexibility index (Phi) is 6.13. The standard InChI is InChI=1S/C21H20FN5O2/c1-13-11-19(20(29)26-17-9-7-16(8-10-17)25-14(2)28)27-21(24-13)23-12-15-5-3-4-6-18(15)22/h3-11H,12H2,1-2H3,(H,25,28)(H,26,29)(H,23,24,27). The molecule has 1 heterocycles. The lowest BCUT2D eigenvalue weighted by atomic mass is 10.2. The van der Waals surface area contributed by atoms with E-state index in [9.17, 15) is 14.0 Å². The van der Waals surface area contributed by atoms with Crippen LogP contribution in [0.25, 0.3) is 0 Å². The summed E-state index contributed by atoms with van der Waals surface area (Å²) in [6.07, 6.45) is 0. The number of anilines is 3. The first-order chi connectivity index (χ1) is 13.9. The predicted molar refractivity (Wildman–Crippen MR) is 109 cm³/mol. The molecule has 0 aliphatic carbocycles. The summed E-state index contributed by atoms with van der Waals surface area (Å²) >= 11 is 0. The van der Waals surface area contributed by atoms with Gasteiger partial charge in [-0.05, 0) is 43.3 Å². The van der Waals surface area contributed by atoms with Crippen molar-refractivity contribution in [3.63, 3.8) is 0 Å². The van der Waals surface area contributed by atoms with E-state index in [0.717, 1.165) is 0 Å². The molecule has 0 atom stereocenters. The van der Waals surface area contributed by atoms with Gasteiger partial charge in [0.05, 0.1) is 0 Å². The van der Waals surface area contributed by atoms with E-state index in [4.69, 9.17) is 0 Å². The Hall–Kier alpha value is -3.81. The summed E-state index contributed by atoms with van der Waals surface area (Å²) in [5.74, 6) is -0.668. The molecule has 0 fully saturated rings. The molecule has 0 saturated heterocycles. The molecular weight excluding hydrogens is 373 g/mol. The maximum absolute atomic E-state index is 13.8.